The van der Waals surface area contributed by atoms with Crippen molar-refractivity contribution < 1.29 is 14.1 Å². The molecule has 15 heavy (non-hydrogen) atoms. The monoisotopic (exact) mass is 207 g/mol. The Morgan fingerprint density at radius 1 is 1.40 bits per heavy atom. The Morgan fingerprint density at radius 3 is 2.73 bits per heavy atom. The zero-order valence-electron chi connectivity index (χ0n) is 7.93. The van der Waals surface area contributed by atoms with Crippen molar-refractivity contribution in [1.82, 2.24) is 0 Å². The first-order chi connectivity index (χ1) is 7.16. The van der Waals surface area contributed by atoms with E-state index in [4.69, 9.17) is 4.42 Å². The number of nitro groups is 1. The van der Waals surface area contributed by atoms with Crippen LogP contribution in [0.4, 0.5) is 5.88 Å². The topological polar surface area (TPSA) is 73.3 Å². The third-order valence-corrected chi connectivity index (χ3v) is 2.32. The van der Waals surface area contributed by atoms with Gasteiger partial charge in [0.2, 0.25) is 0 Å². The molecule has 1 fully saturated rings. The van der Waals surface area contributed by atoms with E-state index in [0.29, 0.717) is 17.8 Å². The van der Waals surface area contributed by atoms with Gasteiger partial charge in [-0.15, -0.1) is 0 Å². The molecular weight excluding hydrogens is 198 g/mol. The lowest BCUT2D eigenvalue weighted by Gasteiger charge is -1.90. The number of hydrogen-bond donors (Lipinski definition) is 0. The number of rotatable bonds is 2. The SMILES string of the molecule is O=C1CCC/C1=C\c1ccc([N+](=O)[O-])o1. The largest absolute Gasteiger partial charge is 0.433 e. The van der Waals surface area contributed by atoms with E-state index < -0.39 is 4.92 Å². The van der Waals surface area contributed by atoms with Gasteiger partial charge in [-0.05, 0) is 30.6 Å². The van der Waals surface area contributed by atoms with Crippen LogP contribution in [0.5, 0.6) is 0 Å². The average molecular weight is 207 g/mol. The molecule has 0 bridgehead atoms. The molecule has 5 heteroatoms. The number of allylic oxidation sites excluding steroid dienone is 1. The van der Waals surface area contributed by atoms with Crippen LogP contribution in [0.25, 0.3) is 6.08 Å². The van der Waals surface area contributed by atoms with Crippen molar-refractivity contribution >= 4 is 17.7 Å². The highest BCUT2D eigenvalue weighted by Crippen LogP contribution is 2.25. The molecule has 0 saturated heterocycles. The highest BCUT2D eigenvalue weighted by molar-refractivity contribution is 6.01. The molecular formula is C10H9NO4. The van der Waals surface area contributed by atoms with Crippen LogP contribution in [0.15, 0.2) is 22.1 Å². The predicted molar refractivity (Wildman–Crippen MR) is 52.2 cm³/mol. The summed E-state index contributed by atoms with van der Waals surface area (Å²) >= 11 is 0. The summed E-state index contributed by atoms with van der Waals surface area (Å²) in [6, 6.07) is 2.78. The minimum Gasteiger partial charge on any atom is -0.401 e. The fraction of sp³-hybridized carbons (Fsp3) is 0.300. The Kier molecular flexibility index (Phi) is 2.37. The van der Waals surface area contributed by atoms with Gasteiger partial charge in [-0.3, -0.25) is 14.9 Å². The van der Waals surface area contributed by atoms with Crippen molar-refractivity contribution in [1.29, 1.82) is 0 Å². The second-order valence-electron chi connectivity index (χ2n) is 3.38. The summed E-state index contributed by atoms with van der Waals surface area (Å²) in [6.07, 6.45) is 3.73. The van der Waals surface area contributed by atoms with E-state index in [0.717, 1.165) is 12.8 Å². The summed E-state index contributed by atoms with van der Waals surface area (Å²) in [5.41, 5.74) is 0.694. The van der Waals surface area contributed by atoms with E-state index in [2.05, 4.69) is 0 Å². The van der Waals surface area contributed by atoms with Gasteiger partial charge in [0.25, 0.3) is 0 Å². The van der Waals surface area contributed by atoms with Gasteiger partial charge in [0, 0.05) is 6.42 Å². The number of carbonyl (C=O) groups is 1. The summed E-state index contributed by atoms with van der Waals surface area (Å²) in [6.45, 7) is 0. The van der Waals surface area contributed by atoms with Gasteiger partial charge < -0.3 is 4.42 Å². The molecule has 0 aromatic carbocycles. The summed E-state index contributed by atoms with van der Waals surface area (Å²) in [4.78, 5) is 21.0. The van der Waals surface area contributed by atoms with E-state index in [-0.39, 0.29) is 11.7 Å². The third-order valence-electron chi connectivity index (χ3n) is 2.32. The van der Waals surface area contributed by atoms with Crippen molar-refractivity contribution in [3.8, 4) is 0 Å². The van der Waals surface area contributed by atoms with Crippen LogP contribution in [0.3, 0.4) is 0 Å². The van der Waals surface area contributed by atoms with Crippen LogP contribution in [0, 0.1) is 10.1 Å². The Labute approximate surface area is 85.5 Å². The number of furan rings is 1. The van der Waals surface area contributed by atoms with Crippen molar-refractivity contribution in [3.05, 3.63) is 33.6 Å². The van der Waals surface area contributed by atoms with E-state index in [9.17, 15) is 14.9 Å². The van der Waals surface area contributed by atoms with Gasteiger partial charge in [0.15, 0.2) is 5.78 Å². The third kappa shape index (κ3) is 1.96. The molecule has 0 atom stereocenters. The Morgan fingerprint density at radius 2 is 2.20 bits per heavy atom. The van der Waals surface area contributed by atoms with Crippen LogP contribution in [-0.2, 0) is 4.79 Å². The van der Waals surface area contributed by atoms with E-state index >= 15 is 0 Å². The first-order valence-corrected chi connectivity index (χ1v) is 4.65. The highest BCUT2D eigenvalue weighted by atomic mass is 16.6. The van der Waals surface area contributed by atoms with Crippen LogP contribution in [-0.4, -0.2) is 10.7 Å². The molecule has 0 unspecified atom stereocenters. The van der Waals surface area contributed by atoms with Gasteiger partial charge in [-0.2, -0.15) is 0 Å². The fourth-order valence-electron chi connectivity index (χ4n) is 1.58. The summed E-state index contributed by atoms with van der Waals surface area (Å²) in [5, 5.41) is 10.3. The van der Waals surface area contributed by atoms with E-state index in [1.54, 1.807) is 6.08 Å². The lowest BCUT2D eigenvalue weighted by atomic mass is 10.2. The maximum absolute atomic E-state index is 11.3. The molecule has 1 aliphatic rings. The zero-order valence-corrected chi connectivity index (χ0v) is 7.93. The van der Waals surface area contributed by atoms with Crippen LogP contribution in [0.2, 0.25) is 0 Å². The molecule has 78 valence electrons. The van der Waals surface area contributed by atoms with Gasteiger partial charge >= 0.3 is 5.88 Å². The molecule has 0 radical (unpaired) electrons. The second kappa shape index (κ2) is 3.68. The normalized spacial score (nSPS) is 18.7. The molecule has 2 rings (SSSR count). The molecule has 0 aliphatic heterocycles. The molecule has 0 amide bonds. The zero-order chi connectivity index (χ0) is 10.8. The second-order valence-corrected chi connectivity index (χ2v) is 3.38. The smallest absolute Gasteiger partial charge is 0.401 e. The minimum atomic E-state index is -0.599. The lowest BCUT2D eigenvalue weighted by molar-refractivity contribution is -0.402. The molecule has 1 aromatic heterocycles. The van der Waals surface area contributed by atoms with Crippen LogP contribution in [0.1, 0.15) is 25.0 Å². The van der Waals surface area contributed by atoms with E-state index in [1.165, 1.54) is 12.1 Å². The first-order valence-electron chi connectivity index (χ1n) is 4.65. The number of Topliss-reactive ketones (excluding diaryl/α,β-unsaturated/α-hetero) is 1. The number of carbonyl (C=O) groups excluding carboxylic acids is 1. The van der Waals surface area contributed by atoms with E-state index in [1.807, 2.05) is 0 Å². The highest BCUT2D eigenvalue weighted by Gasteiger charge is 2.18. The maximum atomic E-state index is 11.3. The summed E-state index contributed by atoms with van der Waals surface area (Å²) < 4.78 is 4.93. The first kappa shape index (κ1) is 9.64. The van der Waals surface area contributed by atoms with Gasteiger partial charge in [0.05, 0.1) is 6.07 Å². The Bertz CT molecular complexity index is 444. The molecule has 0 N–H and O–H groups in total. The van der Waals surface area contributed by atoms with Gasteiger partial charge in [0.1, 0.15) is 10.7 Å². The van der Waals surface area contributed by atoms with Gasteiger partial charge in [-0.25, -0.2) is 0 Å². The lowest BCUT2D eigenvalue weighted by Crippen LogP contribution is -1.90. The van der Waals surface area contributed by atoms with Crippen molar-refractivity contribution in [2.75, 3.05) is 0 Å². The van der Waals surface area contributed by atoms with Crippen molar-refractivity contribution in [2.45, 2.75) is 19.3 Å². The standard InChI is InChI=1S/C10H9NO4/c12-9-3-1-2-7(9)6-8-4-5-10(15-8)11(13)14/h4-6H,1-3H2/b7-6+. The Balaban J connectivity index is 2.23. The predicted octanol–water partition coefficient (Wildman–Crippen LogP) is 2.32. The Hall–Kier alpha value is -1.91. The maximum Gasteiger partial charge on any atom is 0.433 e. The molecule has 1 aromatic rings. The number of hydrogen-bond acceptors (Lipinski definition) is 4. The fourth-order valence-corrected chi connectivity index (χ4v) is 1.58. The molecule has 5 nitrogen and oxygen atoms in total. The van der Waals surface area contributed by atoms with Crippen molar-refractivity contribution in [2.24, 2.45) is 0 Å². The number of nitrogens with zero attached hydrogens (tertiary/aromatic N) is 1. The van der Waals surface area contributed by atoms with Gasteiger partial charge in [-0.1, -0.05) is 0 Å². The quantitative estimate of drug-likeness (QED) is 0.423. The molecule has 0 spiro atoms. The minimum absolute atomic E-state index is 0.106. The summed E-state index contributed by atoms with van der Waals surface area (Å²) in [5.74, 6) is 0.174. The number of ketones is 1. The molecule has 1 saturated carbocycles. The van der Waals surface area contributed by atoms with Crippen molar-refractivity contribution in [3.63, 3.8) is 0 Å². The molecule has 1 heterocycles. The average Bonchev–Trinajstić information content (AvgIpc) is 2.77. The molecule has 1 aliphatic carbocycles. The van der Waals surface area contributed by atoms with Crippen LogP contribution < -0.4 is 0 Å². The van der Waals surface area contributed by atoms with Crippen LogP contribution >= 0.6 is 0 Å². The summed E-state index contributed by atoms with van der Waals surface area (Å²) in [7, 11) is 0.